The topological polar surface area (TPSA) is 150 Å². The predicted octanol–water partition coefficient (Wildman–Crippen LogP) is 0.810. The molecule has 2 fully saturated rings. The summed E-state index contributed by atoms with van der Waals surface area (Å²) in [6.07, 6.45) is 7.31. The average molecular weight is 385 g/mol. The summed E-state index contributed by atoms with van der Waals surface area (Å²) in [7, 11) is 1.80. The van der Waals surface area contributed by atoms with Gasteiger partial charge in [-0.2, -0.15) is 4.98 Å². The van der Waals surface area contributed by atoms with Gasteiger partial charge in [-0.15, -0.1) is 5.10 Å². The van der Waals surface area contributed by atoms with Crippen LogP contribution >= 0.6 is 0 Å². The molecule has 0 unspecified atom stereocenters. The van der Waals surface area contributed by atoms with Crippen molar-refractivity contribution in [1.29, 1.82) is 0 Å². The number of hydrogen-bond acceptors (Lipinski definition) is 8. The average Bonchev–Trinajstić information content (AvgIpc) is 3.14. The third kappa shape index (κ3) is 3.91. The summed E-state index contributed by atoms with van der Waals surface area (Å²) in [6, 6.07) is 2.57. The van der Waals surface area contributed by atoms with Crippen molar-refractivity contribution in [1.82, 2.24) is 30.3 Å². The molecule has 6 N–H and O–H groups in total. The molecule has 0 aromatic carbocycles. The molecule has 10 nitrogen and oxygen atoms in total. The van der Waals surface area contributed by atoms with E-state index in [4.69, 9.17) is 11.5 Å². The minimum Gasteiger partial charge on any atom is -0.373 e. The van der Waals surface area contributed by atoms with Gasteiger partial charge in [-0.25, -0.2) is 9.67 Å². The van der Waals surface area contributed by atoms with Crippen LogP contribution in [0.4, 0.5) is 11.8 Å². The first-order chi connectivity index (χ1) is 13.5. The van der Waals surface area contributed by atoms with Gasteiger partial charge in [-0.1, -0.05) is 5.21 Å². The fourth-order valence-electron chi connectivity index (χ4n) is 3.98. The largest absolute Gasteiger partial charge is 0.373 e. The van der Waals surface area contributed by atoms with Gasteiger partial charge in [0.15, 0.2) is 5.69 Å². The van der Waals surface area contributed by atoms with Crippen molar-refractivity contribution in [3.63, 3.8) is 0 Å². The van der Waals surface area contributed by atoms with E-state index in [1.54, 1.807) is 13.2 Å². The lowest BCUT2D eigenvalue weighted by atomic mass is 9.78. The smallest absolute Gasteiger partial charge is 0.273 e. The Labute approximate surface area is 163 Å². The molecule has 2 aliphatic carbocycles. The number of amides is 1. The van der Waals surface area contributed by atoms with Crippen LogP contribution in [-0.4, -0.2) is 50.0 Å². The number of carbonyl (C=O) groups is 1. The molecule has 2 heterocycles. The van der Waals surface area contributed by atoms with Crippen LogP contribution in [0.15, 0.2) is 12.3 Å². The van der Waals surface area contributed by atoms with Crippen LogP contribution in [0, 0.1) is 0 Å². The van der Waals surface area contributed by atoms with Gasteiger partial charge in [-0.05, 0) is 38.5 Å². The van der Waals surface area contributed by atoms with Gasteiger partial charge in [0.2, 0.25) is 5.95 Å². The number of nitrogen functional groups attached to an aromatic ring is 1. The minimum absolute atomic E-state index is 0.101. The van der Waals surface area contributed by atoms with Crippen molar-refractivity contribution in [3.05, 3.63) is 23.7 Å². The zero-order valence-electron chi connectivity index (χ0n) is 16.0. The molecule has 10 heteroatoms. The Morgan fingerprint density at radius 2 is 1.96 bits per heavy atom. The van der Waals surface area contributed by atoms with E-state index in [0.29, 0.717) is 11.5 Å². The number of rotatable bonds is 5. The highest BCUT2D eigenvalue weighted by atomic mass is 16.2. The molecule has 28 heavy (non-hydrogen) atoms. The SMILES string of the molecule is CNc1cc(C2CC(NC(=O)c3cn(C4CCC(N)CC4)nn3)C2)nc(N)n1. The van der Waals surface area contributed by atoms with Crippen molar-refractivity contribution in [2.45, 2.75) is 62.6 Å². The van der Waals surface area contributed by atoms with E-state index in [9.17, 15) is 4.79 Å². The van der Waals surface area contributed by atoms with Crippen LogP contribution in [-0.2, 0) is 0 Å². The molecule has 0 saturated heterocycles. The Kier molecular flexibility index (Phi) is 5.12. The van der Waals surface area contributed by atoms with Gasteiger partial charge in [-0.3, -0.25) is 4.79 Å². The van der Waals surface area contributed by atoms with E-state index in [-0.39, 0.29) is 35.9 Å². The molecular weight excluding hydrogens is 358 g/mol. The Hall–Kier alpha value is -2.75. The number of nitrogens with zero attached hydrogens (tertiary/aromatic N) is 5. The molecule has 0 radical (unpaired) electrons. The number of anilines is 2. The summed E-state index contributed by atoms with van der Waals surface area (Å²) < 4.78 is 1.81. The number of carbonyl (C=O) groups excluding carboxylic acids is 1. The lowest BCUT2D eigenvalue weighted by molar-refractivity contribution is 0.0903. The Bertz CT molecular complexity index is 837. The van der Waals surface area contributed by atoms with Crippen molar-refractivity contribution in [2.75, 3.05) is 18.1 Å². The summed E-state index contributed by atoms with van der Waals surface area (Å²) in [5.41, 5.74) is 13.0. The van der Waals surface area contributed by atoms with Gasteiger partial charge in [0, 0.05) is 31.1 Å². The molecule has 0 spiro atoms. The van der Waals surface area contributed by atoms with Gasteiger partial charge in [0.05, 0.1) is 17.9 Å². The summed E-state index contributed by atoms with van der Waals surface area (Å²) in [6.45, 7) is 0. The van der Waals surface area contributed by atoms with E-state index in [2.05, 4.69) is 30.9 Å². The molecule has 2 aromatic heterocycles. The van der Waals surface area contributed by atoms with Crippen LogP contribution in [0.25, 0.3) is 0 Å². The molecule has 150 valence electrons. The molecule has 2 aliphatic rings. The van der Waals surface area contributed by atoms with Crippen molar-refractivity contribution < 1.29 is 4.79 Å². The highest BCUT2D eigenvalue weighted by Crippen LogP contribution is 2.37. The Morgan fingerprint density at radius 3 is 2.68 bits per heavy atom. The second kappa shape index (κ2) is 7.70. The zero-order valence-corrected chi connectivity index (χ0v) is 16.0. The van der Waals surface area contributed by atoms with Gasteiger partial charge in [0.25, 0.3) is 5.91 Å². The predicted molar refractivity (Wildman–Crippen MR) is 105 cm³/mol. The zero-order chi connectivity index (χ0) is 19.7. The van der Waals surface area contributed by atoms with E-state index in [1.807, 2.05) is 10.7 Å². The molecule has 2 saturated carbocycles. The van der Waals surface area contributed by atoms with Crippen LogP contribution in [0.3, 0.4) is 0 Å². The maximum atomic E-state index is 12.5. The first kappa shape index (κ1) is 18.6. The molecule has 2 aromatic rings. The Morgan fingerprint density at radius 1 is 1.21 bits per heavy atom. The number of hydrogen-bond donors (Lipinski definition) is 4. The van der Waals surface area contributed by atoms with E-state index >= 15 is 0 Å². The molecule has 0 atom stereocenters. The summed E-state index contributed by atoms with van der Waals surface area (Å²) in [5.74, 6) is 1.05. The standard InChI is InChI=1S/C18H27N9O/c1-21-16-8-14(23-18(20)24-16)10-6-12(7-10)22-17(28)15-9-27(26-25-15)13-4-2-11(19)3-5-13/h8-13H,2-7,19H2,1H3,(H,22,28)(H3,20,21,23,24). The maximum Gasteiger partial charge on any atom is 0.273 e. The lowest BCUT2D eigenvalue weighted by Gasteiger charge is -2.35. The summed E-state index contributed by atoms with van der Waals surface area (Å²) in [4.78, 5) is 20.9. The second-order valence-electron chi connectivity index (χ2n) is 7.78. The van der Waals surface area contributed by atoms with E-state index < -0.39 is 0 Å². The fraction of sp³-hybridized carbons (Fsp3) is 0.611. The molecular formula is C18H27N9O. The van der Waals surface area contributed by atoms with E-state index in [1.165, 1.54) is 0 Å². The lowest BCUT2D eigenvalue weighted by Crippen LogP contribution is -2.43. The van der Waals surface area contributed by atoms with Gasteiger partial charge < -0.3 is 22.1 Å². The first-order valence-corrected chi connectivity index (χ1v) is 9.82. The van der Waals surface area contributed by atoms with Gasteiger partial charge in [0.1, 0.15) is 5.82 Å². The van der Waals surface area contributed by atoms with Crippen molar-refractivity contribution in [2.24, 2.45) is 5.73 Å². The Balaban J connectivity index is 1.30. The minimum atomic E-state index is -0.180. The third-order valence-corrected chi connectivity index (χ3v) is 5.77. The highest BCUT2D eigenvalue weighted by molar-refractivity contribution is 5.92. The molecule has 4 rings (SSSR count). The van der Waals surface area contributed by atoms with Crippen LogP contribution in [0.2, 0.25) is 0 Å². The third-order valence-electron chi connectivity index (χ3n) is 5.77. The molecule has 1 amide bonds. The summed E-state index contributed by atoms with van der Waals surface area (Å²) in [5, 5.41) is 14.2. The fourth-order valence-corrected chi connectivity index (χ4v) is 3.98. The number of aromatic nitrogens is 5. The van der Waals surface area contributed by atoms with Gasteiger partial charge >= 0.3 is 0 Å². The van der Waals surface area contributed by atoms with E-state index in [0.717, 1.165) is 44.2 Å². The van der Waals surface area contributed by atoms with Crippen LogP contribution in [0.5, 0.6) is 0 Å². The second-order valence-corrected chi connectivity index (χ2v) is 7.78. The van der Waals surface area contributed by atoms with Crippen molar-refractivity contribution in [3.8, 4) is 0 Å². The van der Waals surface area contributed by atoms with Crippen LogP contribution in [0.1, 0.15) is 66.7 Å². The summed E-state index contributed by atoms with van der Waals surface area (Å²) >= 11 is 0. The molecule has 0 bridgehead atoms. The van der Waals surface area contributed by atoms with Crippen LogP contribution < -0.4 is 22.1 Å². The first-order valence-electron chi connectivity index (χ1n) is 9.82. The van der Waals surface area contributed by atoms with Crippen molar-refractivity contribution >= 4 is 17.7 Å². The number of nitrogens with one attached hydrogen (secondary N) is 2. The number of nitrogens with two attached hydrogens (primary N) is 2. The maximum absolute atomic E-state index is 12.5. The molecule has 0 aliphatic heterocycles. The highest BCUT2D eigenvalue weighted by Gasteiger charge is 2.33. The monoisotopic (exact) mass is 385 g/mol. The normalized spacial score (nSPS) is 27.1. The quantitative estimate of drug-likeness (QED) is 0.590.